The van der Waals surface area contributed by atoms with Gasteiger partial charge in [-0.15, -0.1) is 0 Å². The lowest BCUT2D eigenvalue weighted by Crippen LogP contribution is -2.26. The van der Waals surface area contributed by atoms with Crippen LogP contribution in [0, 0.1) is 0 Å². The smallest absolute Gasteiger partial charge is 0.254 e. The highest BCUT2D eigenvalue weighted by atomic mass is 35.5. The van der Waals surface area contributed by atoms with Crippen molar-refractivity contribution >= 4 is 17.5 Å². The number of hydrogen-bond acceptors (Lipinski definition) is 3. The number of halogens is 1. The van der Waals surface area contributed by atoms with E-state index in [1.54, 1.807) is 36.4 Å². The number of carbonyl (C=O) groups excluding carboxylic acids is 1. The maximum atomic E-state index is 12.4. The molecule has 0 saturated carbocycles. The van der Waals surface area contributed by atoms with Crippen molar-refractivity contribution in [3.8, 4) is 0 Å². The molecule has 0 bridgehead atoms. The largest absolute Gasteiger partial charge is 0.467 e. The fraction of sp³-hybridized carbons (Fsp3) is 0.333. The monoisotopic (exact) mass is 292 g/mol. The van der Waals surface area contributed by atoms with Crippen LogP contribution in [0.2, 0.25) is 5.15 Å². The molecule has 1 amide bonds. The molecule has 0 radical (unpaired) electrons. The Morgan fingerprint density at radius 3 is 2.80 bits per heavy atom. The lowest BCUT2D eigenvalue weighted by atomic mass is 10.1. The van der Waals surface area contributed by atoms with Gasteiger partial charge in [-0.1, -0.05) is 25.4 Å². The molecular formula is C15H17ClN2O2. The number of rotatable bonds is 4. The van der Waals surface area contributed by atoms with E-state index in [2.05, 4.69) is 4.98 Å². The van der Waals surface area contributed by atoms with Crippen molar-refractivity contribution < 1.29 is 9.21 Å². The van der Waals surface area contributed by atoms with E-state index in [9.17, 15) is 4.79 Å². The van der Waals surface area contributed by atoms with Gasteiger partial charge in [0, 0.05) is 18.3 Å². The topological polar surface area (TPSA) is 46.3 Å². The second-order valence-corrected chi connectivity index (χ2v) is 5.39. The summed E-state index contributed by atoms with van der Waals surface area (Å²) in [7, 11) is 1.73. The summed E-state index contributed by atoms with van der Waals surface area (Å²) in [5.74, 6) is 0.855. The van der Waals surface area contributed by atoms with Gasteiger partial charge in [-0.05, 0) is 30.2 Å². The molecule has 0 fully saturated rings. The van der Waals surface area contributed by atoms with Gasteiger partial charge >= 0.3 is 0 Å². The highest BCUT2D eigenvalue weighted by Gasteiger charge is 2.16. The predicted octanol–water partition coefficient (Wildman–Crippen LogP) is 3.72. The molecule has 4 nitrogen and oxygen atoms in total. The van der Waals surface area contributed by atoms with Gasteiger partial charge in [0.2, 0.25) is 0 Å². The van der Waals surface area contributed by atoms with Gasteiger partial charge < -0.3 is 9.32 Å². The molecule has 0 aliphatic rings. The molecule has 2 rings (SSSR count). The van der Waals surface area contributed by atoms with Crippen molar-refractivity contribution in [1.82, 2.24) is 9.88 Å². The standard InChI is InChI=1S/C15H17ClN2O2/c1-10(2)13-7-11(8-14(16)17-13)15(19)18(3)9-12-5-4-6-20-12/h4-8,10H,9H2,1-3H3. The van der Waals surface area contributed by atoms with Crippen molar-refractivity contribution in [2.75, 3.05) is 7.05 Å². The highest BCUT2D eigenvalue weighted by molar-refractivity contribution is 6.29. The van der Waals surface area contributed by atoms with Crippen molar-refractivity contribution in [3.05, 3.63) is 52.7 Å². The van der Waals surface area contributed by atoms with Crippen LogP contribution in [0.25, 0.3) is 0 Å². The molecule has 2 aromatic heterocycles. The van der Waals surface area contributed by atoms with Crippen molar-refractivity contribution in [1.29, 1.82) is 0 Å². The number of furan rings is 1. The summed E-state index contributed by atoms with van der Waals surface area (Å²) in [6, 6.07) is 7.02. The van der Waals surface area contributed by atoms with E-state index in [1.165, 1.54) is 0 Å². The second kappa shape index (κ2) is 6.09. The van der Waals surface area contributed by atoms with Crippen LogP contribution in [0.5, 0.6) is 0 Å². The average molecular weight is 293 g/mol. The number of aromatic nitrogens is 1. The van der Waals surface area contributed by atoms with E-state index in [0.29, 0.717) is 17.3 Å². The first-order chi connectivity index (χ1) is 9.47. The minimum absolute atomic E-state index is 0.104. The Balaban J connectivity index is 2.19. The van der Waals surface area contributed by atoms with E-state index >= 15 is 0 Å². The lowest BCUT2D eigenvalue weighted by Gasteiger charge is -2.17. The quantitative estimate of drug-likeness (QED) is 0.807. The number of nitrogens with zero attached hydrogens (tertiary/aromatic N) is 2. The van der Waals surface area contributed by atoms with Gasteiger partial charge in [0.05, 0.1) is 12.8 Å². The summed E-state index contributed by atoms with van der Waals surface area (Å²) >= 11 is 5.99. The Labute approximate surface area is 123 Å². The maximum Gasteiger partial charge on any atom is 0.254 e. The molecule has 0 aliphatic heterocycles. The number of pyridine rings is 1. The molecule has 106 valence electrons. The summed E-state index contributed by atoms with van der Waals surface area (Å²) in [5, 5.41) is 0.339. The summed E-state index contributed by atoms with van der Waals surface area (Å²) in [4.78, 5) is 18.2. The highest BCUT2D eigenvalue weighted by Crippen LogP contribution is 2.19. The summed E-state index contributed by atoms with van der Waals surface area (Å²) in [6.45, 7) is 4.45. The number of carbonyl (C=O) groups is 1. The summed E-state index contributed by atoms with van der Waals surface area (Å²) < 4.78 is 5.24. The van der Waals surface area contributed by atoms with Crippen LogP contribution in [-0.4, -0.2) is 22.8 Å². The molecule has 0 saturated heterocycles. The van der Waals surface area contributed by atoms with E-state index in [1.807, 2.05) is 19.9 Å². The molecule has 20 heavy (non-hydrogen) atoms. The molecule has 0 unspecified atom stereocenters. The molecule has 5 heteroatoms. The first kappa shape index (κ1) is 14.6. The summed E-state index contributed by atoms with van der Waals surface area (Å²) in [6.07, 6.45) is 1.59. The third-order valence-electron chi connectivity index (χ3n) is 2.97. The minimum Gasteiger partial charge on any atom is -0.467 e. The van der Waals surface area contributed by atoms with Crippen LogP contribution in [0.15, 0.2) is 34.9 Å². The van der Waals surface area contributed by atoms with Gasteiger partial charge in [0.25, 0.3) is 5.91 Å². The maximum absolute atomic E-state index is 12.4. The third kappa shape index (κ3) is 3.39. The Kier molecular flexibility index (Phi) is 4.45. The van der Waals surface area contributed by atoms with Crippen LogP contribution in [-0.2, 0) is 6.54 Å². The zero-order chi connectivity index (χ0) is 14.7. The van der Waals surface area contributed by atoms with Gasteiger partial charge in [-0.2, -0.15) is 0 Å². The summed E-state index contributed by atoms with van der Waals surface area (Å²) in [5.41, 5.74) is 1.36. The minimum atomic E-state index is -0.104. The van der Waals surface area contributed by atoms with Gasteiger partial charge in [0.1, 0.15) is 10.9 Å². The molecule has 2 heterocycles. The molecule has 0 aliphatic carbocycles. The Hall–Kier alpha value is -1.81. The molecule has 0 spiro atoms. The predicted molar refractivity (Wildman–Crippen MR) is 77.8 cm³/mol. The van der Waals surface area contributed by atoms with Crippen LogP contribution >= 0.6 is 11.6 Å². The third-order valence-corrected chi connectivity index (χ3v) is 3.17. The molecule has 2 aromatic rings. The first-order valence-corrected chi connectivity index (χ1v) is 6.80. The number of amides is 1. The molecular weight excluding hydrogens is 276 g/mol. The van der Waals surface area contributed by atoms with Crippen molar-refractivity contribution in [3.63, 3.8) is 0 Å². The van der Waals surface area contributed by atoms with Crippen molar-refractivity contribution in [2.45, 2.75) is 26.3 Å². The normalized spacial score (nSPS) is 10.8. The van der Waals surface area contributed by atoms with Crippen LogP contribution < -0.4 is 0 Å². The Morgan fingerprint density at radius 1 is 1.45 bits per heavy atom. The van der Waals surface area contributed by atoms with Crippen LogP contribution in [0.1, 0.15) is 41.6 Å². The van der Waals surface area contributed by atoms with Crippen LogP contribution in [0.4, 0.5) is 0 Å². The van der Waals surface area contributed by atoms with Crippen LogP contribution in [0.3, 0.4) is 0 Å². The van der Waals surface area contributed by atoms with Gasteiger partial charge in [-0.25, -0.2) is 4.98 Å². The zero-order valence-corrected chi connectivity index (χ0v) is 12.5. The molecule has 0 atom stereocenters. The second-order valence-electron chi connectivity index (χ2n) is 5.00. The van der Waals surface area contributed by atoms with E-state index in [4.69, 9.17) is 16.0 Å². The first-order valence-electron chi connectivity index (χ1n) is 6.42. The van der Waals surface area contributed by atoms with E-state index < -0.39 is 0 Å². The van der Waals surface area contributed by atoms with E-state index in [0.717, 1.165) is 11.5 Å². The zero-order valence-electron chi connectivity index (χ0n) is 11.8. The SMILES string of the molecule is CC(C)c1cc(C(=O)N(C)Cc2ccco2)cc(Cl)n1. The number of hydrogen-bond donors (Lipinski definition) is 0. The average Bonchev–Trinajstić information content (AvgIpc) is 2.89. The van der Waals surface area contributed by atoms with Crippen molar-refractivity contribution in [2.24, 2.45) is 0 Å². The fourth-order valence-corrected chi connectivity index (χ4v) is 2.08. The Bertz CT molecular complexity index is 594. The van der Waals surface area contributed by atoms with Gasteiger partial charge in [-0.3, -0.25) is 4.79 Å². The lowest BCUT2D eigenvalue weighted by molar-refractivity contribution is 0.0775. The molecule has 0 N–H and O–H groups in total. The fourth-order valence-electron chi connectivity index (χ4n) is 1.86. The molecule has 0 aromatic carbocycles. The Morgan fingerprint density at radius 2 is 2.20 bits per heavy atom. The van der Waals surface area contributed by atoms with Gasteiger partial charge in [0.15, 0.2) is 0 Å². The van der Waals surface area contributed by atoms with E-state index in [-0.39, 0.29) is 11.8 Å².